The maximum Gasteiger partial charge on any atom is 0.0331 e. The van der Waals surface area contributed by atoms with Crippen LogP contribution >= 0.6 is 0 Å². The molecule has 1 heteroatoms. The first kappa shape index (κ1) is 15.2. The van der Waals surface area contributed by atoms with E-state index in [4.69, 9.17) is 0 Å². The van der Waals surface area contributed by atoms with Crippen LogP contribution in [0.15, 0.2) is 48.6 Å². The van der Waals surface area contributed by atoms with Crippen LogP contribution < -0.4 is 0 Å². The molecule has 0 aromatic heterocycles. The second kappa shape index (κ2) is 12.2. The Morgan fingerprint density at radius 3 is 1.12 bits per heavy atom. The maximum absolute atomic E-state index is 2.42. The summed E-state index contributed by atoms with van der Waals surface area (Å²) in [5.74, 6) is 0. The van der Waals surface area contributed by atoms with E-state index in [0.717, 1.165) is 12.8 Å². The van der Waals surface area contributed by atoms with Crippen molar-refractivity contribution in [2.45, 2.75) is 45.3 Å². The van der Waals surface area contributed by atoms with Crippen molar-refractivity contribution in [3.8, 4) is 0 Å². The van der Waals surface area contributed by atoms with Crippen molar-refractivity contribution in [1.29, 1.82) is 0 Å². The molecule has 0 radical (unpaired) electrons. The Morgan fingerprint density at radius 1 is 0.750 bits per heavy atom. The van der Waals surface area contributed by atoms with E-state index in [1.807, 2.05) is 0 Å². The zero-order chi connectivity index (χ0) is 12.1. The fourth-order valence-electron chi connectivity index (χ4n) is 1.07. The highest BCUT2D eigenvalue weighted by atomic mass is 28.3. The van der Waals surface area contributed by atoms with E-state index >= 15 is 0 Å². The minimum Gasteiger partial charge on any atom is -0.0808 e. The topological polar surface area (TPSA) is 0 Å². The van der Waals surface area contributed by atoms with Crippen LogP contribution in [0.2, 0.25) is 18.6 Å². The first-order valence-electron chi connectivity index (χ1n) is 6.44. The third-order valence-corrected chi connectivity index (χ3v) is 5.49. The summed E-state index contributed by atoms with van der Waals surface area (Å²) in [6.45, 7) is 7.00. The van der Waals surface area contributed by atoms with Gasteiger partial charge in [0.25, 0.3) is 0 Å². The van der Waals surface area contributed by atoms with Crippen LogP contribution in [0.25, 0.3) is 0 Å². The molecule has 90 valence electrons. The average Bonchev–Trinajstić information content (AvgIpc) is 3.03. The lowest BCUT2D eigenvalue weighted by atomic mass is 10.5. The monoisotopic (exact) mass is 234 g/mol. The van der Waals surface area contributed by atoms with Gasteiger partial charge in [0.15, 0.2) is 0 Å². The standard InChI is InChI=1S/C5H14Si.2C5H6/c1-4-6(3)5-2;2*1-2-4-5-3-1/h6H,4-5H2,1-3H3;2*1-4H,5H2. The third-order valence-electron chi connectivity index (χ3n) is 2.70. The molecule has 2 aliphatic carbocycles. The lowest BCUT2D eigenvalue weighted by Gasteiger charge is -1.96. The second-order valence-electron chi connectivity index (χ2n) is 4.11. The molecule has 0 heterocycles. The van der Waals surface area contributed by atoms with Gasteiger partial charge in [-0.25, -0.2) is 0 Å². The van der Waals surface area contributed by atoms with Crippen molar-refractivity contribution >= 4 is 8.80 Å². The van der Waals surface area contributed by atoms with E-state index in [-0.39, 0.29) is 8.80 Å². The molecule has 2 aliphatic rings. The Hall–Kier alpha value is -0.823. The van der Waals surface area contributed by atoms with Crippen molar-refractivity contribution in [2.75, 3.05) is 0 Å². The molecule has 16 heavy (non-hydrogen) atoms. The van der Waals surface area contributed by atoms with Gasteiger partial charge in [0, 0.05) is 8.80 Å². The SMILES string of the molecule is C1=CCC=C1.C1=CCC=C1.CC[SiH](C)CC. The summed E-state index contributed by atoms with van der Waals surface area (Å²) in [5.41, 5.74) is 0. The number of hydrogen-bond acceptors (Lipinski definition) is 0. The van der Waals surface area contributed by atoms with Gasteiger partial charge in [-0.2, -0.15) is 0 Å². The van der Waals surface area contributed by atoms with Crippen molar-refractivity contribution in [3.63, 3.8) is 0 Å². The summed E-state index contributed by atoms with van der Waals surface area (Å²) in [4.78, 5) is 0. The van der Waals surface area contributed by atoms with Crippen molar-refractivity contribution in [1.82, 2.24) is 0 Å². The van der Waals surface area contributed by atoms with Gasteiger partial charge < -0.3 is 0 Å². The molecule has 0 nitrogen and oxygen atoms in total. The summed E-state index contributed by atoms with van der Waals surface area (Å²) >= 11 is 0. The molecular formula is C15H26Si. The van der Waals surface area contributed by atoms with E-state index in [1.165, 1.54) is 12.1 Å². The number of hydrogen-bond donors (Lipinski definition) is 0. The van der Waals surface area contributed by atoms with Gasteiger partial charge in [-0.3, -0.25) is 0 Å². The molecular weight excluding hydrogens is 208 g/mol. The molecule has 0 saturated heterocycles. The number of allylic oxidation sites excluding steroid dienone is 8. The molecule has 0 atom stereocenters. The molecule has 0 bridgehead atoms. The lowest BCUT2D eigenvalue weighted by Crippen LogP contribution is -1.99. The van der Waals surface area contributed by atoms with Gasteiger partial charge >= 0.3 is 0 Å². The Bertz CT molecular complexity index is 200. The van der Waals surface area contributed by atoms with Crippen LogP contribution in [0.5, 0.6) is 0 Å². The highest BCUT2D eigenvalue weighted by Gasteiger charge is 1.91. The van der Waals surface area contributed by atoms with Crippen LogP contribution in [0.1, 0.15) is 26.7 Å². The lowest BCUT2D eigenvalue weighted by molar-refractivity contribution is 1.31. The first-order valence-corrected chi connectivity index (χ1v) is 9.23. The van der Waals surface area contributed by atoms with Gasteiger partial charge in [-0.15, -0.1) is 0 Å². The largest absolute Gasteiger partial charge is 0.0808 e. The summed E-state index contributed by atoms with van der Waals surface area (Å²) in [6, 6.07) is 2.94. The van der Waals surface area contributed by atoms with Gasteiger partial charge in [-0.05, 0) is 12.8 Å². The quantitative estimate of drug-likeness (QED) is 0.597. The van der Waals surface area contributed by atoms with Crippen LogP contribution in [0.3, 0.4) is 0 Å². The maximum atomic E-state index is 2.42. The van der Waals surface area contributed by atoms with Gasteiger partial charge in [0.05, 0.1) is 0 Å². The molecule has 0 unspecified atom stereocenters. The molecule has 0 N–H and O–H groups in total. The van der Waals surface area contributed by atoms with E-state index in [0.29, 0.717) is 0 Å². The van der Waals surface area contributed by atoms with E-state index < -0.39 is 0 Å². The zero-order valence-corrected chi connectivity index (χ0v) is 12.2. The normalized spacial score (nSPS) is 14.8. The Morgan fingerprint density at radius 2 is 1.06 bits per heavy atom. The van der Waals surface area contributed by atoms with Crippen LogP contribution in [0.4, 0.5) is 0 Å². The van der Waals surface area contributed by atoms with Gasteiger partial charge in [0.2, 0.25) is 0 Å². The summed E-state index contributed by atoms with van der Waals surface area (Å²) in [6.07, 6.45) is 19.0. The van der Waals surface area contributed by atoms with Gasteiger partial charge in [-0.1, -0.05) is 81.1 Å². The molecule has 0 spiro atoms. The Labute approximate surface area is 103 Å². The van der Waals surface area contributed by atoms with Gasteiger partial charge in [0.1, 0.15) is 0 Å². The summed E-state index contributed by atoms with van der Waals surface area (Å²) in [5, 5.41) is 0. The Kier molecular flexibility index (Phi) is 11.6. The van der Waals surface area contributed by atoms with E-state index in [9.17, 15) is 0 Å². The highest BCUT2D eigenvalue weighted by molar-refractivity contribution is 6.56. The summed E-state index contributed by atoms with van der Waals surface area (Å²) in [7, 11) is -0.160. The molecule has 0 aromatic rings. The smallest absolute Gasteiger partial charge is 0.0331 e. The molecule has 0 fully saturated rings. The Balaban J connectivity index is 0.000000211. The minimum atomic E-state index is -0.160. The second-order valence-corrected chi connectivity index (χ2v) is 7.95. The minimum absolute atomic E-state index is 0.160. The fraction of sp³-hybridized carbons (Fsp3) is 0.467. The van der Waals surface area contributed by atoms with Crippen molar-refractivity contribution in [2.24, 2.45) is 0 Å². The fourth-order valence-corrected chi connectivity index (χ4v) is 1.65. The zero-order valence-electron chi connectivity index (χ0n) is 11.0. The van der Waals surface area contributed by atoms with Crippen molar-refractivity contribution < 1.29 is 0 Å². The summed E-state index contributed by atoms with van der Waals surface area (Å²) < 4.78 is 0. The molecule has 0 aromatic carbocycles. The number of rotatable bonds is 2. The molecule has 0 amide bonds. The average molecular weight is 234 g/mol. The van der Waals surface area contributed by atoms with Crippen LogP contribution in [-0.2, 0) is 0 Å². The third kappa shape index (κ3) is 11.3. The molecule has 0 aliphatic heterocycles. The van der Waals surface area contributed by atoms with Crippen LogP contribution in [0, 0.1) is 0 Å². The predicted molar refractivity (Wildman–Crippen MR) is 79.8 cm³/mol. The first-order chi connectivity index (χ1) is 7.81. The van der Waals surface area contributed by atoms with E-state index in [1.54, 1.807) is 0 Å². The molecule has 2 rings (SSSR count). The molecule has 0 saturated carbocycles. The predicted octanol–water partition coefficient (Wildman–Crippen LogP) is 4.89. The van der Waals surface area contributed by atoms with Crippen molar-refractivity contribution in [3.05, 3.63) is 48.6 Å². The van der Waals surface area contributed by atoms with E-state index in [2.05, 4.69) is 69.0 Å². The highest BCUT2D eigenvalue weighted by Crippen LogP contribution is 1.94. The van der Waals surface area contributed by atoms with Crippen LogP contribution in [-0.4, -0.2) is 8.80 Å².